The molecule has 0 spiro atoms. The van der Waals surface area contributed by atoms with Crippen LogP contribution in [0.15, 0.2) is 14.5 Å². The number of carbonyl (C=O) groups is 1. The fourth-order valence-electron chi connectivity index (χ4n) is 2.52. The first-order valence-corrected chi connectivity index (χ1v) is 11.6. The van der Waals surface area contributed by atoms with E-state index in [4.69, 9.17) is 15.0 Å². The molecule has 1 aliphatic rings. The van der Waals surface area contributed by atoms with Crippen LogP contribution in [0.4, 0.5) is 0 Å². The molecule has 10 nitrogen and oxygen atoms in total. The predicted molar refractivity (Wildman–Crippen MR) is 93.5 cm³/mol. The topological polar surface area (TPSA) is 156 Å². The Bertz CT molecular complexity index is 864. The Hall–Kier alpha value is -1.09. The van der Waals surface area contributed by atoms with Crippen LogP contribution in [0.2, 0.25) is 0 Å². The van der Waals surface area contributed by atoms with E-state index >= 15 is 0 Å². The Morgan fingerprint density at radius 2 is 2.23 bits per heavy atom. The highest BCUT2D eigenvalue weighted by Gasteiger charge is 2.39. The summed E-state index contributed by atoms with van der Waals surface area (Å²) in [6.07, 6.45) is -0.167. The van der Waals surface area contributed by atoms with Crippen LogP contribution in [0.1, 0.15) is 24.9 Å². The number of hydrogen-bond donors (Lipinski definition) is 3. The molecule has 1 aromatic rings. The second-order valence-corrected chi connectivity index (χ2v) is 10.5. The second-order valence-electron chi connectivity index (χ2n) is 5.52. The molecule has 148 valence electrons. The van der Waals surface area contributed by atoms with Gasteiger partial charge >= 0.3 is 5.97 Å². The van der Waals surface area contributed by atoms with E-state index in [9.17, 15) is 21.6 Å². The number of thiophene rings is 1. The van der Waals surface area contributed by atoms with E-state index in [0.717, 1.165) is 4.31 Å². The number of aliphatic hydroxyl groups is 1. The lowest BCUT2D eigenvalue weighted by atomic mass is 10.1. The van der Waals surface area contributed by atoms with Crippen molar-refractivity contribution in [1.29, 1.82) is 0 Å². The van der Waals surface area contributed by atoms with Gasteiger partial charge in [0.05, 0.1) is 13.0 Å². The molecule has 0 radical (unpaired) electrons. The third-order valence-corrected chi connectivity index (χ3v) is 8.65. The first kappa shape index (κ1) is 21.2. The van der Waals surface area contributed by atoms with Gasteiger partial charge in [-0.05, 0) is 12.6 Å². The lowest BCUT2D eigenvalue weighted by molar-refractivity contribution is -0.144. The van der Waals surface area contributed by atoms with Gasteiger partial charge in [0.1, 0.15) is 15.0 Å². The van der Waals surface area contributed by atoms with Crippen LogP contribution in [-0.2, 0) is 29.6 Å². The zero-order valence-corrected chi connectivity index (χ0v) is 16.5. The number of sulfonamides is 2. The Kier molecular flexibility index (Phi) is 6.76. The number of primary sulfonamides is 1. The molecule has 1 atom stereocenters. The molecule has 0 fully saturated rings. The number of rotatable bonds is 8. The maximum Gasteiger partial charge on any atom is 0.308 e. The fourth-order valence-corrected chi connectivity index (χ4v) is 6.78. The van der Waals surface area contributed by atoms with Crippen LogP contribution in [0.5, 0.6) is 0 Å². The number of nitrogens with two attached hydrogens (primary N) is 1. The largest absolute Gasteiger partial charge is 0.464 e. The summed E-state index contributed by atoms with van der Waals surface area (Å²) in [7, 11) is -7.96. The zero-order chi connectivity index (χ0) is 19.5. The number of ether oxygens (including phenoxy) is 1. The van der Waals surface area contributed by atoms with Gasteiger partial charge in [-0.15, -0.1) is 11.3 Å². The number of esters is 1. The van der Waals surface area contributed by atoms with E-state index in [-0.39, 0.29) is 41.1 Å². The number of nitrogens with zero attached hydrogens (tertiary/aromatic N) is 1. The molecule has 4 N–H and O–H groups in total. The molecular weight excluding hydrogens is 406 g/mol. The van der Waals surface area contributed by atoms with Gasteiger partial charge in [0.25, 0.3) is 10.0 Å². The summed E-state index contributed by atoms with van der Waals surface area (Å²) in [6, 6.07) is 0.886. The Labute approximate surface area is 156 Å². The van der Waals surface area contributed by atoms with Gasteiger partial charge in [-0.2, -0.15) is 4.31 Å². The maximum atomic E-state index is 12.8. The second kappa shape index (κ2) is 8.29. The van der Waals surface area contributed by atoms with E-state index in [1.54, 1.807) is 0 Å². The minimum absolute atomic E-state index is 0.0709. The number of aliphatic hydroxyl groups excluding tert-OH is 1. The normalized spacial score (nSPS) is 19.9. The van der Waals surface area contributed by atoms with Gasteiger partial charge < -0.3 is 15.2 Å². The molecule has 0 unspecified atom stereocenters. The van der Waals surface area contributed by atoms with E-state index in [0.29, 0.717) is 23.4 Å². The summed E-state index contributed by atoms with van der Waals surface area (Å²) in [5, 5.41) is 16.9. The van der Waals surface area contributed by atoms with Crippen molar-refractivity contribution in [2.75, 3.05) is 32.8 Å². The molecule has 0 aromatic carbocycles. The molecule has 0 saturated heterocycles. The number of fused-ring (bicyclic) bond motifs is 1. The smallest absolute Gasteiger partial charge is 0.308 e. The van der Waals surface area contributed by atoms with Crippen molar-refractivity contribution in [1.82, 2.24) is 9.62 Å². The van der Waals surface area contributed by atoms with Gasteiger partial charge in [0.15, 0.2) is 0 Å². The lowest BCUT2D eigenvalue weighted by Gasteiger charge is -2.32. The Morgan fingerprint density at radius 1 is 1.54 bits per heavy atom. The van der Waals surface area contributed by atoms with E-state index < -0.39 is 32.1 Å². The molecule has 0 amide bonds. The van der Waals surface area contributed by atoms with Crippen LogP contribution in [0, 0.1) is 0 Å². The van der Waals surface area contributed by atoms with Crippen molar-refractivity contribution in [2.24, 2.45) is 5.14 Å². The van der Waals surface area contributed by atoms with Crippen molar-refractivity contribution in [2.45, 2.75) is 27.8 Å². The third-order valence-electron chi connectivity index (χ3n) is 3.69. The highest BCUT2D eigenvalue weighted by Crippen LogP contribution is 2.39. The lowest BCUT2D eigenvalue weighted by Crippen LogP contribution is -2.44. The summed E-state index contributed by atoms with van der Waals surface area (Å²) in [5.41, 5.74) is 0.370. The van der Waals surface area contributed by atoms with Gasteiger partial charge in [-0.25, -0.2) is 22.0 Å². The average molecular weight is 428 g/mol. The van der Waals surface area contributed by atoms with Crippen LogP contribution in [0.3, 0.4) is 0 Å². The monoisotopic (exact) mass is 427 g/mol. The molecule has 1 aromatic heterocycles. The van der Waals surface area contributed by atoms with Crippen molar-refractivity contribution in [3.63, 3.8) is 0 Å². The summed E-state index contributed by atoms with van der Waals surface area (Å²) in [5.74, 6) is -0.626. The molecule has 26 heavy (non-hydrogen) atoms. The number of nitrogens with one attached hydrogen (secondary N) is 1. The first-order chi connectivity index (χ1) is 12.1. The quantitative estimate of drug-likeness (QED) is 0.445. The van der Waals surface area contributed by atoms with Crippen molar-refractivity contribution in [3.05, 3.63) is 11.6 Å². The standard InChI is InChI=1S/C13H21N3O7S3/c1-2-15-10-8-16(4-6-23-11(18)3-5-17)26(21,22)13-9(10)7-12(24-13)25(14,19)20/h7,10,15,17H,2-6,8H2,1H3,(H2,14,19,20)/t10-/m0/s1. The molecule has 2 heterocycles. The fraction of sp³-hybridized carbons (Fsp3) is 0.615. The van der Waals surface area contributed by atoms with Gasteiger partial charge in [-0.1, -0.05) is 6.92 Å². The molecule has 13 heteroatoms. The SMILES string of the molecule is CCN[C@H]1CN(CCOC(=O)CCO)S(=O)(=O)c2sc(S(N)(=O)=O)cc21. The summed E-state index contributed by atoms with van der Waals surface area (Å²) < 4.78 is 54.5. The number of hydrogen-bond acceptors (Lipinski definition) is 9. The Morgan fingerprint density at radius 3 is 2.81 bits per heavy atom. The summed E-state index contributed by atoms with van der Waals surface area (Å²) >= 11 is 0.607. The molecule has 2 rings (SSSR count). The van der Waals surface area contributed by atoms with E-state index in [2.05, 4.69) is 5.32 Å². The molecular formula is C13H21N3O7S3. The molecule has 0 aliphatic carbocycles. The number of likely N-dealkylation sites (N-methyl/N-ethyl adjacent to an activating group) is 1. The molecule has 0 saturated carbocycles. The van der Waals surface area contributed by atoms with Crippen LogP contribution in [0.25, 0.3) is 0 Å². The Balaban J connectivity index is 2.28. The van der Waals surface area contributed by atoms with Crippen LogP contribution >= 0.6 is 11.3 Å². The van der Waals surface area contributed by atoms with Crippen molar-refractivity contribution in [3.8, 4) is 0 Å². The van der Waals surface area contributed by atoms with Gasteiger partial charge in [-0.3, -0.25) is 4.79 Å². The number of carbonyl (C=O) groups excluding carboxylic acids is 1. The van der Waals surface area contributed by atoms with E-state index in [1.807, 2.05) is 6.92 Å². The third kappa shape index (κ3) is 4.60. The highest BCUT2D eigenvalue weighted by molar-refractivity contribution is 7.94. The molecule has 1 aliphatic heterocycles. The predicted octanol–water partition coefficient (Wildman–Crippen LogP) is -1.02. The average Bonchev–Trinajstić information content (AvgIpc) is 2.99. The molecule has 0 bridgehead atoms. The first-order valence-electron chi connectivity index (χ1n) is 7.77. The zero-order valence-electron chi connectivity index (χ0n) is 14.0. The van der Waals surface area contributed by atoms with Crippen molar-refractivity contribution < 1.29 is 31.5 Å². The summed E-state index contributed by atoms with van der Waals surface area (Å²) in [4.78, 5) is 11.3. The minimum atomic E-state index is -4.02. The van der Waals surface area contributed by atoms with Crippen LogP contribution < -0.4 is 10.5 Å². The van der Waals surface area contributed by atoms with Gasteiger partial charge in [0.2, 0.25) is 10.0 Å². The van der Waals surface area contributed by atoms with Crippen molar-refractivity contribution >= 4 is 37.4 Å². The maximum absolute atomic E-state index is 12.8. The van der Waals surface area contributed by atoms with E-state index in [1.165, 1.54) is 6.07 Å². The van der Waals surface area contributed by atoms with Gasteiger partial charge in [0, 0.05) is 24.7 Å². The minimum Gasteiger partial charge on any atom is -0.464 e. The van der Waals surface area contributed by atoms with Crippen LogP contribution in [-0.4, -0.2) is 65.1 Å². The summed E-state index contributed by atoms with van der Waals surface area (Å²) in [6.45, 7) is 1.86. The highest BCUT2D eigenvalue weighted by atomic mass is 32.3.